The molecule has 5 heteroatoms. The van der Waals surface area contributed by atoms with Gasteiger partial charge in [-0.2, -0.15) is 0 Å². The SMILES string of the molecule is CC(C)(C)c1nnc(NC(=O)c2ccccc2)s1. The summed E-state index contributed by atoms with van der Waals surface area (Å²) >= 11 is 1.41. The van der Waals surface area contributed by atoms with Crippen LogP contribution < -0.4 is 5.32 Å². The first-order chi connectivity index (χ1) is 8.47. The molecule has 0 atom stereocenters. The minimum atomic E-state index is -0.160. The van der Waals surface area contributed by atoms with Crippen molar-refractivity contribution in [2.24, 2.45) is 0 Å². The number of hydrogen-bond acceptors (Lipinski definition) is 4. The zero-order chi connectivity index (χ0) is 13.2. The van der Waals surface area contributed by atoms with Gasteiger partial charge in [-0.25, -0.2) is 0 Å². The summed E-state index contributed by atoms with van der Waals surface area (Å²) in [5.74, 6) is -0.160. The maximum absolute atomic E-state index is 11.9. The standard InChI is InChI=1S/C13H15N3OS/c1-13(2,3)11-15-16-12(18-11)14-10(17)9-7-5-4-6-8-9/h4-8H,1-3H3,(H,14,16,17). The molecule has 0 spiro atoms. The fourth-order valence-electron chi connectivity index (χ4n) is 1.34. The molecule has 1 aromatic heterocycles. The lowest BCUT2D eigenvalue weighted by molar-refractivity contribution is 0.102. The number of amides is 1. The number of aromatic nitrogens is 2. The van der Waals surface area contributed by atoms with E-state index in [1.54, 1.807) is 12.1 Å². The second-order valence-electron chi connectivity index (χ2n) is 4.98. The highest BCUT2D eigenvalue weighted by molar-refractivity contribution is 7.15. The Morgan fingerprint density at radius 1 is 1.17 bits per heavy atom. The number of hydrogen-bond donors (Lipinski definition) is 1. The van der Waals surface area contributed by atoms with E-state index >= 15 is 0 Å². The smallest absolute Gasteiger partial charge is 0.257 e. The van der Waals surface area contributed by atoms with Gasteiger partial charge in [0, 0.05) is 11.0 Å². The number of nitrogens with zero attached hydrogens (tertiary/aromatic N) is 2. The summed E-state index contributed by atoms with van der Waals surface area (Å²) in [6.45, 7) is 6.20. The Morgan fingerprint density at radius 2 is 1.83 bits per heavy atom. The Bertz CT molecular complexity index is 543. The third-order valence-corrected chi connectivity index (χ3v) is 3.59. The van der Waals surface area contributed by atoms with Crippen molar-refractivity contribution in [1.29, 1.82) is 0 Å². The van der Waals surface area contributed by atoms with Crippen molar-refractivity contribution in [2.45, 2.75) is 26.2 Å². The van der Waals surface area contributed by atoms with Gasteiger partial charge in [-0.05, 0) is 12.1 Å². The Kier molecular flexibility index (Phi) is 3.43. The topological polar surface area (TPSA) is 54.9 Å². The molecule has 0 saturated heterocycles. The summed E-state index contributed by atoms with van der Waals surface area (Å²) < 4.78 is 0. The van der Waals surface area contributed by atoms with E-state index in [2.05, 4.69) is 36.3 Å². The van der Waals surface area contributed by atoms with Crippen LogP contribution in [0.1, 0.15) is 36.1 Å². The summed E-state index contributed by atoms with van der Waals surface area (Å²) in [7, 11) is 0. The van der Waals surface area contributed by atoms with Gasteiger partial charge >= 0.3 is 0 Å². The van der Waals surface area contributed by atoms with Crippen molar-refractivity contribution in [3.63, 3.8) is 0 Å². The minimum Gasteiger partial charge on any atom is -0.296 e. The van der Waals surface area contributed by atoms with Crippen LogP contribution in [0.25, 0.3) is 0 Å². The van der Waals surface area contributed by atoms with Gasteiger partial charge < -0.3 is 0 Å². The zero-order valence-corrected chi connectivity index (χ0v) is 11.4. The van der Waals surface area contributed by atoms with E-state index in [1.165, 1.54) is 11.3 Å². The molecule has 18 heavy (non-hydrogen) atoms. The maximum atomic E-state index is 11.9. The molecule has 0 aliphatic rings. The van der Waals surface area contributed by atoms with Crippen LogP contribution in [0.2, 0.25) is 0 Å². The van der Waals surface area contributed by atoms with Gasteiger partial charge in [0.15, 0.2) is 0 Å². The number of carbonyl (C=O) groups excluding carboxylic acids is 1. The van der Waals surface area contributed by atoms with Gasteiger partial charge in [-0.1, -0.05) is 50.3 Å². The molecular weight excluding hydrogens is 246 g/mol. The number of nitrogens with one attached hydrogen (secondary N) is 1. The predicted molar refractivity (Wildman–Crippen MR) is 73.0 cm³/mol. The first kappa shape index (κ1) is 12.7. The van der Waals surface area contributed by atoms with E-state index in [4.69, 9.17) is 0 Å². The lowest BCUT2D eigenvalue weighted by atomic mass is 9.98. The molecule has 1 amide bonds. The van der Waals surface area contributed by atoms with Gasteiger partial charge in [-0.3, -0.25) is 10.1 Å². The zero-order valence-electron chi connectivity index (χ0n) is 10.6. The third kappa shape index (κ3) is 2.92. The Labute approximate surface area is 110 Å². The highest BCUT2D eigenvalue weighted by Crippen LogP contribution is 2.27. The van der Waals surface area contributed by atoms with Crippen LogP contribution in [0.3, 0.4) is 0 Å². The molecule has 0 aliphatic heterocycles. The molecular formula is C13H15N3OS. The van der Waals surface area contributed by atoms with Crippen molar-refractivity contribution in [1.82, 2.24) is 10.2 Å². The molecule has 1 N–H and O–H groups in total. The molecule has 0 fully saturated rings. The average Bonchev–Trinajstić information content (AvgIpc) is 2.78. The van der Waals surface area contributed by atoms with E-state index in [9.17, 15) is 4.79 Å². The first-order valence-electron chi connectivity index (χ1n) is 5.67. The van der Waals surface area contributed by atoms with Gasteiger partial charge in [0.25, 0.3) is 5.91 Å². The van der Waals surface area contributed by atoms with E-state index in [0.717, 1.165) is 5.01 Å². The summed E-state index contributed by atoms with van der Waals surface area (Å²) in [4.78, 5) is 11.9. The molecule has 2 aromatic rings. The van der Waals surface area contributed by atoms with Crippen LogP contribution in [0, 0.1) is 0 Å². The van der Waals surface area contributed by atoms with E-state index < -0.39 is 0 Å². The van der Waals surface area contributed by atoms with Crippen molar-refractivity contribution >= 4 is 22.4 Å². The molecule has 0 radical (unpaired) electrons. The molecule has 1 aromatic carbocycles. The Hall–Kier alpha value is -1.75. The monoisotopic (exact) mass is 261 g/mol. The van der Waals surface area contributed by atoms with Crippen LogP contribution in [-0.2, 0) is 5.41 Å². The number of carbonyl (C=O) groups is 1. The molecule has 94 valence electrons. The normalized spacial score (nSPS) is 11.3. The largest absolute Gasteiger partial charge is 0.296 e. The van der Waals surface area contributed by atoms with Crippen LogP contribution in [-0.4, -0.2) is 16.1 Å². The second-order valence-corrected chi connectivity index (χ2v) is 5.96. The molecule has 0 saturated carbocycles. The Morgan fingerprint density at radius 3 is 2.39 bits per heavy atom. The number of anilines is 1. The Balaban J connectivity index is 2.11. The quantitative estimate of drug-likeness (QED) is 0.903. The van der Waals surface area contributed by atoms with Crippen LogP contribution >= 0.6 is 11.3 Å². The van der Waals surface area contributed by atoms with Crippen LogP contribution in [0.5, 0.6) is 0 Å². The summed E-state index contributed by atoms with van der Waals surface area (Å²) in [6, 6.07) is 9.06. The van der Waals surface area contributed by atoms with Crippen molar-refractivity contribution in [3.8, 4) is 0 Å². The lowest BCUT2D eigenvalue weighted by Gasteiger charge is -2.12. The molecule has 0 unspecified atom stereocenters. The molecule has 0 aliphatic carbocycles. The highest BCUT2D eigenvalue weighted by atomic mass is 32.1. The van der Waals surface area contributed by atoms with Gasteiger partial charge in [-0.15, -0.1) is 10.2 Å². The second kappa shape index (κ2) is 4.86. The molecule has 0 bridgehead atoms. The summed E-state index contributed by atoms with van der Waals surface area (Å²) in [5, 5.41) is 12.3. The summed E-state index contributed by atoms with van der Waals surface area (Å²) in [5.41, 5.74) is 0.568. The van der Waals surface area contributed by atoms with E-state index in [-0.39, 0.29) is 11.3 Å². The van der Waals surface area contributed by atoms with Crippen LogP contribution in [0.4, 0.5) is 5.13 Å². The molecule has 2 rings (SSSR count). The fraction of sp³-hybridized carbons (Fsp3) is 0.308. The predicted octanol–water partition coefficient (Wildman–Crippen LogP) is 3.09. The third-order valence-electron chi connectivity index (χ3n) is 2.32. The first-order valence-corrected chi connectivity index (χ1v) is 6.49. The van der Waals surface area contributed by atoms with E-state index in [0.29, 0.717) is 10.7 Å². The fourth-order valence-corrected chi connectivity index (χ4v) is 2.13. The van der Waals surface area contributed by atoms with Crippen molar-refractivity contribution in [3.05, 3.63) is 40.9 Å². The summed E-state index contributed by atoms with van der Waals surface area (Å²) in [6.07, 6.45) is 0. The maximum Gasteiger partial charge on any atom is 0.257 e. The van der Waals surface area contributed by atoms with Gasteiger partial charge in [0.1, 0.15) is 5.01 Å². The number of benzene rings is 1. The van der Waals surface area contributed by atoms with Crippen LogP contribution in [0.15, 0.2) is 30.3 Å². The van der Waals surface area contributed by atoms with E-state index in [1.807, 2.05) is 18.2 Å². The molecule has 4 nitrogen and oxygen atoms in total. The minimum absolute atomic E-state index is 0.0482. The van der Waals surface area contributed by atoms with Crippen molar-refractivity contribution < 1.29 is 4.79 Å². The van der Waals surface area contributed by atoms with Crippen molar-refractivity contribution in [2.75, 3.05) is 5.32 Å². The number of rotatable bonds is 2. The average molecular weight is 261 g/mol. The highest BCUT2D eigenvalue weighted by Gasteiger charge is 2.20. The van der Waals surface area contributed by atoms with Gasteiger partial charge in [0.2, 0.25) is 5.13 Å². The van der Waals surface area contributed by atoms with Gasteiger partial charge in [0.05, 0.1) is 0 Å². The lowest BCUT2D eigenvalue weighted by Crippen LogP contribution is -2.11. The molecule has 1 heterocycles.